The van der Waals surface area contributed by atoms with Gasteiger partial charge in [-0.1, -0.05) is 13.8 Å². The van der Waals surface area contributed by atoms with Crippen molar-refractivity contribution in [1.29, 1.82) is 0 Å². The molecular weight excluding hydrogens is 356 g/mol. The number of aromatic nitrogens is 1. The van der Waals surface area contributed by atoms with Crippen LogP contribution in [0.5, 0.6) is 0 Å². The fraction of sp³-hybridized carbons (Fsp3) is 0.643. The Labute approximate surface area is 134 Å². The first-order valence-electron chi connectivity index (χ1n) is 7.17. The van der Waals surface area contributed by atoms with Gasteiger partial charge in [-0.15, -0.1) is 0 Å². The number of hydrogen-bond donors (Lipinski definition) is 1. The smallest absolute Gasteiger partial charge is 0.242 e. The molecule has 0 saturated carbocycles. The Hall–Kier alpha value is -0.500. The summed E-state index contributed by atoms with van der Waals surface area (Å²) in [7, 11) is -3.55. The summed E-state index contributed by atoms with van der Waals surface area (Å²) in [5, 5.41) is 0. The molecule has 7 heteroatoms. The third kappa shape index (κ3) is 4.03. The molecule has 21 heavy (non-hydrogen) atoms. The molecular formula is C14H21BrN2O3S. The number of halogens is 1. The molecule has 1 saturated heterocycles. The molecule has 0 aromatic carbocycles. The van der Waals surface area contributed by atoms with Gasteiger partial charge in [0.1, 0.15) is 4.90 Å². The van der Waals surface area contributed by atoms with Crippen LogP contribution in [0.25, 0.3) is 0 Å². The zero-order valence-electron chi connectivity index (χ0n) is 12.3. The number of sulfonamides is 1. The average Bonchev–Trinajstić information content (AvgIpc) is 2.47. The molecule has 0 bridgehead atoms. The summed E-state index contributed by atoms with van der Waals surface area (Å²) in [6.07, 6.45) is 6.11. The van der Waals surface area contributed by atoms with E-state index in [4.69, 9.17) is 4.74 Å². The van der Waals surface area contributed by atoms with Crippen LogP contribution in [-0.2, 0) is 14.8 Å². The minimum Gasteiger partial charge on any atom is -0.375 e. The van der Waals surface area contributed by atoms with E-state index in [1.165, 1.54) is 6.20 Å². The normalized spacial score (nSPS) is 22.1. The van der Waals surface area contributed by atoms with Crippen LogP contribution >= 0.6 is 15.9 Å². The lowest BCUT2D eigenvalue weighted by molar-refractivity contribution is -0.0905. The lowest BCUT2D eigenvalue weighted by atomic mass is 9.86. The summed E-state index contributed by atoms with van der Waals surface area (Å²) >= 11 is 3.25. The fourth-order valence-electron chi connectivity index (χ4n) is 2.70. The Morgan fingerprint density at radius 1 is 1.43 bits per heavy atom. The highest BCUT2D eigenvalue weighted by molar-refractivity contribution is 9.10. The van der Waals surface area contributed by atoms with Crippen LogP contribution in [0.4, 0.5) is 0 Å². The van der Waals surface area contributed by atoms with Gasteiger partial charge in [0.05, 0.1) is 5.60 Å². The molecule has 0 aliphatic carbocycles. The topological polar surface area (TPSA) is 68.3 Å². The van der Waals surface area contributed by atoms with Gasteiger partial charge in [-0.3, -0.25) is 4.98 Å². The Morgan fingerprint density at radius 2 is 2.14 bits per heavy atom. The minimum atomic E-state index is -3.55. The van der Waals surface area contributed by atoms with Crippen LogP contribution in [0.1, 0.15) is 39.5 Å². The molecule has 1 aromatic heterocycles. The lowest BCUT2D eigenvalue weighted by Crippen LogP contribution is -2.48. The van der Waals surface area contributed by atoms with Crippen LogP contribution < -0.4 is 4.72 Å². The first-order valence-corrected chi connectivity index (χ1v) is 9.45. The van der Waals surface area contributed by atoms with E-state index in [0.29, 0.717) is 23.9 Å². The first kappa shape index (κ1) is 16.9. The molecule has 1 unspecified atom stereocenters. The van der Waals surface area contributed by atoms with Crippen LogP contribution in [0.15, 0.2) is 27.8 Å². The van der Waals surface area contributed by atoms with Gasteiger partial charge in [-0.05, 0) is 47.7 Å². The van der Waals surface area contributed by atoms with E-state index >= 15 is 0 Å². The first-order chi connectivity index (χ1) is 9.91. The lowest BCUT2D eigenvalue weighted by Gasteiger charge is -2.40. The summed E-state index contributed by atoms with van der Waals surface area (Å²) in [5.41, 5.74) is -0.207. The summed E-state index contributed by atoms with van der Waals surface area (Å²) < 4.78 is 34.2. The van der Waals surface area contributed by atoms with Gasteiger partial charge in [-0.2, -0.15) is 0 Å². The van der Waals surface area contributed by atoms with Crippen molar-refractivity contribution in [2.75, 3.05) is 6.61 Å². The second kappa shape index (κ2) is 6.73. The zero-order valence-corrected chi connectivity index (χ0v) is 14.7. The van der Waals surface area contributed by atoms with E-state index in [1.807, 2.05) is 0 Å². The van der Waals surface area contributed by atoms with E-state index in [1.54, 1.807) is 12.3 Å². The van der Waals surface area contributed by atoms with Crippen molar-refractivity contribution in [1.82, 2.24) is 9.71 Å². The highest BCUT2D eigenvalue weighted by Gasteiger charge is 2.36. The Morgan fingerprint density at radius 3 is 2.76 bits per heavy atom. The van der Waals surface area contributed by atoms with Gasteiger partial charge in [0, 0.05) is 29.5 Å². The zero-order chi connectivity index (χ0) is 15.5. The maximum Gasteiger partial charge on any atom is 0.242 e. The Balaban J connectivity index is 2.13. The Kier molecular flexibility index (Phi) is 5.40. The maximum atomic E-state index is 12.4. The van der Waals surface area contributed by atoms with E-state index in [-0.39, 0.29) is 16.5 Å². The molecule has 1 aliphatic heterocycles. The largest absolute Gasteiger partial charge is 0.375 e. The molecule has 1 aromatic rings. The van der Waals surface area contributed by atoms with E-state index in [9.17, 15) is 8.42 Å². The van der Waals surface area contributed by atoms with Crippen LogP contribution in [0.2, 0.25) is 0 Å². The number of ether oxygens (including phenoxy) is 1. The predicted molar refractivity (Wildman–Crippen MR) is 84.5 cm³/mol. The van der Waals surface area contributed by atoms with Crippen LogP contribution in [-0.4, -0.2) is 31.7 Å². The molecule has 0 spiro atoms. The monoisotopic (exact) mass is 376 g/mol. The van der Waals surface area contributed by atoms with E-state index in [0.717, 1.165) is 12.8 Å². The highest BCUT2D eigenvalue weighted by Crippen LogP contribution is 2.32. The summed E-state index contributed by atoms with van der Waals surface area (Å²) in [6.45, 7) is 4.75. The van der Waals surface area contributed by atoms with Crippen molar-refractivity contribution in [3.63, 3.8) is 0 Å². The predicted octanol–water partition coefficient (Wildman–Crippen LogP) is 2.86. The van der Waals surface area contributed by atoms with E-state index in [2.05, 4.69) is 39.5 Å². The van der Waals surface area contributed by atoms with Crippen LogP contribution in [0.3, 0.4) is 0 Å². The van der Waals surface area contributed by atoms with E-state index < -0.39 is 10.0 Å². The molecule has 2 rings (SSSR count). The summed E-state index contributed by atoms with van der Waals surface area (Å²) in [4.78, 5) is 4.10. The second-order valence-electron chi connectivity index (χ2n) is 5.39. The highest BCUT2D eigenvalue weighted by atomic mass is 79.9. The van der Waals surface area contributed by atoms with Gasteiger partial charge >= 0.3 is 0 Å². The Bertz CT molecular complexity index is 588. The maximum absolute atomic E-state index is 12.4. The summed E-state index contributed by atoms with van der Waals surface area (Å²) in [5.74, 6) is 0. The number of hydrogen-bond acceptors (Lipinski definition) is 4. The third-order valence-electron chi connectivity index (χ3n) is 4.09. The molecule has 2 heterocycles. The molecule has 0 radical (unpaired) electrons. The van der Waals surface area contributed by atoms with Gasteiger partial charge in [-0.25, -0.2) is 13.1 Å². The molecule has 1 atom stereocenters. The van der Waals surface area contributed by atoms with Crippen molar-refractivity contribution in [2.45, 2.75) is 56.1 Å². The number of pyridine rings is 1. The van der Waals surface area contributed by atoms with Crippen molar-refractivity contribution in [3.8, 4) is 0 Å². The molecule has 0 amide bonds. The summed E-state index contributed by atoms with van der Waals surface area (Å²) in [6, 6.07) is 1.46. The number of nitrogens with one attached hydrogen (secondary N) is 1. The fourth-order valence-corrected chi connectivity index (χ4v) is 4.47. The quantitative estimate of drug-likeness (QED) is 0.857. The van der Waals surface area contributed by atoms with Gasteiger partial charge in [0.15, 0.2) is 0 Å². The SMILES string of the molecule is CCC1(CC)CC(NS(=O)(=O)c2cncc(Br)c2)CCO1. The van der Waals surface area contributed by atoms with Crippen molar-refractivity contribution in [3.05, 3.63) is 22.9 Å². The third-order valence-corrected chi connectivity index (χ3v) is 6.01. The second-order valence-corrected chi connectivity index (χ2v) is 8.02. The molecule has 5 nitrogen and oxygen atoms in total. The number of nitrogens with zero attached hydrogens (tertiary/aromatic N) is 1. The van der Waals surface area contributed by atoms with Crippen molar-refractivity contribution in [2.24, 2.45) is 0 Å². The van der Waals surface area contributed by atoms with Crippen molar-refractivity contribution < 1.29 is 13.2 Å². The van der Waals surface area contributed by atoms with Gasteiger partial charge in [0.25, 0.3) is 0 Å². The number of rotatable bonds is 5. The molecule has 118 valence electrons. The van der Waals surface area contributed by atoms with Crippen LogP contribution in [0, 0.1) is 0 Å². The molecule has 1 N–H and O–H groups in total. The molecule has 1 aliphatic rings. The van der Waals surface area contributed by atoms with Crippen molar-refractivity contribution >= 4 is 26.0 Å². The minimum absolute atomic E-state index is 0.0948. The van der Waals surface area contributed by atoms with Gasteiger partial charge < -0.3 is 4.74 Å². The van der Waals surface area contributed by atoms with Gasteiger partial charge in [0.2, 0.25) is 10.0 Å². The molecule has 1 fully saturated rings. The standard InChI is InChI=1S/C14H21BrN2O3S/c1-3-14(4-2)8-12(5-6-20-14)17-21(18,19)13-7-11(15)9-16-10-13/h7,9-10,12,17H,3-6,8H2,1-2H3. The average molecular weight is 377 g/mol.